The first-order chi connectivity index (χ1) is 9.83. The summed E-state index contributed by atoms with van der Waals surface area (Å²) >= 11 is 3.41. The number of ether oxygens (including phenoxy) is 2. The molecule has 0 saturated heterocycles. The number of alkyl halides is 3. The number of nitrogens with one attached hydrogen (secondary N) is 1. The molecule has 21 heavy (non-hydrogen) atoms. The van der Waals surface area contributed by atoms with Gasteiger partial charge in [-0.1, -0.05) is 22.9 Å². The first-order valence-corrected chi connectivity index (χ1v) is 7.46. The third kappa shape index (κ3) is 7.15. The number of hydrogen-bond donors (Lipinski definition) is 1. The maximum atomic E-state index is 11.9. The van der Waals surface area contributed by atoms with Crippen molar-refractivity contribution in [2.24, 2.45) is 0 Å². The van der Waals surface area contributed by atoms with Crippen molar-refractivity contribution in [2.45, 2.75) is 33.2 Å². The van der Waals surface area contributed by atoms with Gasteiger partial charge < -0.3 is 10.1 Å². The van der Waals surface area contributed by atoms with Gasteiger partial charge in [0.25, 0.3) is 0 Å². The van der Waals surface area contributed by atoms with E-state index in [1.165, 1.54) is 0 Å². The zero-order valence-corrected chi connectivity index (χ0v) is 13.6. The van der Waals surface area contributed by atoms with E-state index in [-0.39, 0.29) is 6.61 Å². The van der Waals surface area contributed by atoms with Crippen LogP contribution in [-0.4, -0.2) is 26.1 Å². The van der Waals surface area contributed by atoms with E-state index in [4.69, 9.17) is 4.74 Å². The molecule has 1 aromatic carbocycles. The van der Waals surface area contributed by atoms with E-state index in [0.29, 0.717) is 12.3 Å². The van der Waals surface area contributed by atoms with E-state index in [2.05, 4.69) is 32.9 Å². The molecular weight excluding hydrogens is 351 g/mol. The number of halogens is 4. The summed E-state index contributed by atoms with van der Waals surface area (Å²) in [5.41, 5.74) is 1.77. The Morgan fingerprint density at radius 3 is 2.57 bits per heavy atom. The largest absolute Gasteiger partial charge is 0.522 e. The highest BCUT2D eigenvalue weighted by Gasteiger charge is 2.28. The van der Waals surface area contributed by atoms with Crippen LogP contribution in [0.25, 0.3) is 0 Å². The van der Waals surface area contributed by atoms with E-state index in [1.807, 2.05) is 19.1 Å². The molecule has 0 aliphatic carbocycles. The van der Waals surface area contributed by atoms with E-state index >= 15 is 0 Å². The van der Waals surface area contributed by atoms with Crippen molar-refractivity contribution in [3.8, 4) is 5.75 Å². The average molecular weight is 370 g/mol. The lowest BCUT2D eigenvalue weighted by molar-refractivity contribution is -0.325. The van der Waals surface area contributed by atoms with Crippen LogP contribution in [0, 0.1) is 6.92 Å². The molecule has 0 aliphatic rings. The molecule has 0 unspecified atom stereocenters. The van der Waals surface area contributed by atoms with Gasteiger partial charge in [-0.05, 0) is 37.6 Å². The van der Waals surface area contributed by atoms with Gasteiger partial charge in [0.1, 0.15) is 12.4 Å². The Morgan fingerprint density at radius 2 is 1.95 bits per heavy atom. The van der Waals surface area contributed by atoms with E-state index in [9.17, 15) is 13.2 Å². The maximum Gasteiger partial charge on any atom is 0.522 e. The van der Waals surface area contributed by atoms with Crippen molar-refractivity contribution in [1.82, 2.24) is 5.32 Å². The van der Waals surface area contributed by atoms with Crippen LogP contribution < -0.4 is 10.1 Å². The highest BCUT2D eigenvalue weighted by atomic mass is 79.9. The van der Waals surface area contributed by atoms with Crippen LogP contribution in [0.4, 0.5) is 13.2 Å². The van der Waals surface area contributed by atoms with Crippen molar-refractivity contribution < 1.29 is 22.6 Å². The molecule has 0 aliphatic heterocycles. The molecule has 0 saturated carbocycles. The number of rotatable bonds is 8. The molecule has 1 aromatic rings. The van der Waals surface area contributed by atoms with Gasteiger partial charge >= 0.3 is 6.36 Å². The minimum absolute atomic E-state index is 0.150. The molecule has 0 spiro atoms. The molecule has 0 aromatic heterocycles. The summed E-state index contributed by atoms with van der Waals surface area (Å²) in [4.78, 5) is 0. The van der Waals surface area contributed by atoms with E-state index in [0.717, 1.165) is 28.6 Å². The van der Waals surface area contributed by atoms with Crippen LogP contribution in [0.1, 0.15) is 24.5 Å². The summed E-state index contributed by atoms with van der Waals surface area (Å²) in [6, 6.07) is 3.76. The third-order valence-electron chi connectivity index (χ3n) is 2.65. The Bertz CT molecular complexity index is 453. The van der Waals surface area contributed by atoms with Gasteiger partial charge in [-0.3, -0.25) is 4.74 Å². The first kappa shape index (κ1) is 18.3. The maximum absolute atomic E-state index is 11.9. The Labute approximate surface area is 130 Å². The summed E-state index contributed by atoms with van der Waals surface area (Å²) in [5.74, 6) is 0.604. The number of aryl methyl sites for hydroxylation is 1. The lowest BCUT2D eigenvalue weighted by Gasteiger charge is -2.16. The molecule has 0 atom stereocenters. The van der Waals surface area contributed by atoms with Crippen LogP contribution in [-0.2, 0) is 11.3 Å². The monoisotopic (exact) mass is 369 g/mol. The van der Waals surface area contributed by atoms with Crippen molar-refractivity contribution >= 4 is 15.9 Å². The second-order valence-electron chi connectivity index (χ2n) is 4.53. The van der Waals surface area contributed by atoms with Crippen molar-refractivity contribution in [3.63, 3.8) is 0 Å². The van der Waals surface area contributed by atoms with Crippen LogP contribution >= 0.6 is 15.9 Å². The second kappa shape index (κ2) is 8.60. The predicted molar refractivity (Wildman–Crippen MR) is 78.4 cm³/mol. The SMILES string of the molecule is CCCNCc1cc(Br)cc(C)c1OCCOC(F)(F)F. The molecule has 1 rings (SSSR count). The minimum Gasteiger partial charge on any atom is -0.491 e. The van der Waals surface area contributed by atoms with Crippen molar-refractivity contribution in [3.05, 3.63) is 27.7 Å². The van der Waals surface area contributed by atoms with Gasteiger partial charge in [-0.25, -0.2) is 0 Å². The molecule has 7 heteroatoms. The normalized spacial score (nSPS) is 11.7. The number of benzene rings is 1. The molecule has 0 bridgehead atoms. The standard InChI is InChI=1S/C14H19BrF3NO2/c1-3-4-19-9-11-8-12(15)7-10(2)13(11)20-5-6-21-14(16,17)18/h7-8,19H,3-6,9H2,1-2H3. The van der Waals surface area contributed by atoms with Gasteiger partial charge in [-0.2, -0.15) is 0 Å². The van der Waals surface area contributed by atoms with Crippen LogP contribution in [0.5, 0.6) is 5.75 Å². The third-order valence-corrected chi connectivity index (χ3v) is 3.11. The fourth-order valence-corrected chi connectivity index (χ4v) is 2.46. The molecule has 3 nitrogen and oxygen atoms in total. The molecular formula is C14H19BrF3NO2. The lowest BCUT2D eigenvalue weighted by atomic mass is 10.1. The quantitative estimate of drug-likeness (QED) is 0.697. The van der Waals surface area contributed by atoms with Gasteiger partial charge in [0.2, 0.25) is 0 Å². The highest BCUT2D eigenvalue weighted by Crippen LogP contribution is 2.28. The first-order valence-electron chi connectivity index (χ1n) is 6.66. The summed E-state index contributed by atoms with van der Waals surface area (Å²) < 4.78 is 45.8. The van der Waals surface area contributed by atoms with Gasteiger partial charge in [0.15, 0.2) is 0 Å². The molecule has 1 N–H and O–H groups in total. The smallest absolute Gasteiger partial charge is 0.491 e. The molecule has 0 fully saturated rings. The lowest BCUT2D eigenvalue weighted by Crippen LogP contribution is -2.19. The fourth-order valence-electron chi connectivity index (χ4n) is 1.84. The fraction of sp³-hybridized carbons (Fsp3) is 0.571. The van der Waals surface area contributed by atoms with Gasteiger partial charge in [-0.15, -0.1) is 13.2 Å². The van der Waals surface area contributed by atoms with Gasteiger partial charge in [0.05, 0.1) is 6.61 Å². The topological polar surface area (TPSA) is 30.5 Å². The van der Waals surface area contributed by atoms with E-state index in [1.54, 1.807) is 0 Å². The summed E-state index contributed by atoms with van der Waals surface area (Å²) in [7, 11) is 0. The molecule has 120 valence electrons. The Hall–Kier alpha value is -0.790. The Morgan fingerprint density at radius 1 is 1.24 bits per heavy atom. The molecule has 0 amide bonds. The zero-order chi connectivity index (χ0) is 15.9. The van der Waals surface area contributed by atoms with Crippen molar-refractivity contribution in [2.75, 3.05) is 19.8 Å². The van der Waals surface area contributed by atoms with Crippen LogP contribution in [0.3, 0.4) is 0 Å². The predicted octanol–water partition coefficient (Wildman–Crippen LogP) is 4.17. The van der Waals surface area contributed by atoms with Crippen LogP contribution in [0.2, 0.25) is 0 Å². The number of hydrogen-bond acceptors (Lipinski definition) is 3. The zero-order valence-electron chi connectivity index (χ0n) is 12.0. The molecule has 0 radical (unpaired) electrons. The summed E-state index contributed by atoms with van der Waals surface area (Å²) in [6.45, 7) is 4.70. The van der Waals surface area contributed by atoms with E-state index < -0.39 is 13.0 Å². The minimum atomic E-state index is -4.62. The Kier molecular flexibility index (Phi) is 7.48. The molecule has 0 heterocycles. The van der Waals surface area contributed by atoms with Gasteiger partial charge in [0, 0.05) is 16.6 Å². The van der Waals surface area contributed by atoms with Crippen LogP contribution in [0.15, 0.2) is 16.6 Å². The Balaban J connectivity index is 2.65. The average Bonchev–Trinajstić information content (AvgIpc) is 2.35. The summed E-state index contributed by atoms with van der Waals surface area (Å²) in [5, 5.41) is 3.25. The summed E-state index contributed by atoms with van der Waals surface area (Å²) in [6.07, 6.45) is -3.62. The second-order valence-corrected chi connectivity index (χ2v) is 5.45. The highest BCUT2D eigenvalue weighted by molar-refractivity contribution is 9.10. The van der Waals surface area contributed by atoms with Crippen molar-refractivity contribution in [1.29, 1.82) is 0 Å².